The molecule has 2 aromatic rings. The molecule has 1 N–H and O–H groups in total. The number of nitrogens with zero attached hydrogens (tertiary/aromatic N) is 2. The Kier molecular flexibility index (Phi) is 7.13. The fourth-order valence-electron chi connectivity index (χ4n) is 4.80. The van der Waals surface area contributed by atoms with E-state index in [4.69, 9.17) is 4.99 Å². The third kappa shape index (κ3) is 5.39. The summed E-state index contributed by atoms with van der Waals surface area (Å²) in [5.74, 6) is 1.54. The van der Waals surface area contributed by atoms with Crippen LogP contribution in [0.1, 0.15) is 56.0 Å². The number of benzene rings is 2. The van der Waals surface area contributed by atoms with E-state index >= 15 is 0 Å². The van der Waals surface area contributed by atoms with Crippen LogP contribution in [-0.4, -0.2) is 42.7 Å². The van der Waals surface area contributed by atoms with E-state index < -0.39 is 0 Å². The van der Waals surface area contributed by atoms with Crippen LogP contribution in [0.15, 0.2) is 57.2 Å². The van der Waals surface area contributed by atoms with Crippen molar-refractivity contribution in [2.45, 2.75) is 49.8 Å². The van der Waals surface area contributed by atoms with E-state index in [0.717, 1.165) is 47.5 Å². The van der Waals surface area contributed by atoms with Gasteiger partial charge in [-0.05, 0) is 61.9 Å². The van der Waals surface area contributed by atoms with Gasteiger partial charge in [0.15, 0.2) is 0 Å². The van der Waals surface area contributed by atoms with Crippen LogP contribution in [0.25, 0.3) is 0 Å². The minimum atomic E-state index is -0.0109. The molecule has 0 aromatic heterocycles. The fourth-order valence-corrected chi connectivity index (χ4v) is 5.83. The molecule has 1 amide bonds. The average molecular weight is 436 g/mol. The molecule has 5 heteroatoms. The minimum Gasteiger partial charge on any atom is -0.352 e. The van der Waals surface area contributed by atoms with E-state index in [0.29, 0.717) is 12.1 Å². The van der Waals surface area contributed by atoms with Gasteiger partial charge in [-0.25, -0.2) is 0 Å². The maximum Gasteiger partial charge on any atom is 0.251 e. The maximum absolute atomic E-state index is 12.8. The second kappa shape index (κ2) is 10.0. The number of amides is 1. The monoisotopic (exact) mass is 435 g/mol. The lowest BCUT2D eigenvalue weighted by Gasteiger charge is -2.34. The van der Waals surface area contributed by atoms with Gasteiger partial charge in [-0.2, -0.15) is 0 Å². The van der Waals surface area contributed by atoms with Gasteiger partial charge in [-0.1, -0.05) is 50.7 Å². The van der Waals surface area contributed by atoms with Crippen molar-refractivity contribution < 1.29 is 4.79 Å². The molecule has 164 valence electrons. The van der Waals surface area contributed by atoms with Crippen molar-refractivity contribution >= 4 is 29.1 Å². The SMILES string of the molecule is CCC1=Nc2cc(C(=O)NCCCN3C[C@@H](C)C[C@H](C)C3)ccc2Sc2ccccc21. The standard InChI is InChI=1S/C26H33N3OS/c1-4-22-21-8-5-6-9-24(21)31-25-11-10-20(15-23(25)28-22)26(30)27-12-7-13-29-16-18(2)14-19(3)17-29/h5-6,8-11,15,18-19H,4,7,12-14,16-17H2,1-3H3,(H,27,30)/t18-,19-/m0/s1. The normalized spacial score (nSPS) is 20.9. The molecule has 2 aliphatic heterocycles. The van der Waals surface area contributed by atoms with Crippen molar-refractivity contribution in [2.24, 2.45) is 16.8 Å². The van der Waals surface area contributed by atoms with E-state index in [1.807, 2.05) is 18.2 Å². The second-order valence-corrected chi connectivity index (χ2v) is 10.1. The van der Waals surface area contributed by atoms with Gasteiger partial charge < -0.3 is 10.2 Å². The zero-order valence-electron chi connectivity index (χ0n) is 18.9. The molecule has 0 bridgehead atoms. The Hall–Kier alpha value is -2.11. The molecular weight excluding hydrogens is 402 g/mol. The van der Waals surface area contributed by atoms with Gasteiger partial charge in [0.2, 0.25) is 0 Å². The summed E-state index contributed by atoms with van der Waals surface area (Å²) in [6, 6.07) is 14.3. The molecule has 0 aliphatic carbocycles. The molecule has 2 atom stereocenters. The lowest BCUT2D eigenvalue weighted by Crippen LogP contribution is -2.40. The summed E-state index contributed by atoms with van der Waals surface area (Å²) in [6.07, 6.45) is 3.18. The van der Waals surface area contributed by atoms with Crippen molar-refractivity contribution in [3.05, 3.63) is 53.6 Å². The van der Waals surface area contributed by atoms with Crippen LogP contribution in [0.5, 0.6) is 0 Å². The minimum absolute atomic E-state index is 0.0109. The van der Waals surface area contributed by atoms with Crippen LogP contribution in [0.4, 0.5) is 5.69 Å². The van der Waals surface area contributed by atoms with Crippen LogP contribution in [-0.2, 0) is 0 Å². The highest BCUT2D eigenvalue weighted by Crippen LogP contribution is 2.41. The zero-order chi connectivity index (χ0) is 21.8. The summed E-state index contributed by atoms with van der Waals surface area (Å²) in [5, 5.41) is 3.10. The first-order valence-electron chi connectivity index (χ1n) is 11.5. The van der Waals surface area contributed by atoms with Crippen LogP contribution < -0.4 is 5.32 Å². The summed E-state index contributed by atoms with van der Waals surface area (Å²) in [7, 11) is 0. The molecule has 0 saturated carbocycles. The molecule has 0 radical (unpaired) electrons. The van der Waals surface area contributed by atoms with E-state index in [-0.39, 0.29) is 5.91 Å². The Balaban J connectivity index is 1.38. The molecule has 2 aliphatic rings. The number of rotatable bonds is 6. The first-order valence-corrected chi connectivity index (χ1v) is 12.3. The molecule has 2 aromatic carbocycles. The van der Waals surface area contributed by atoms with Gasteiger partial charge >= 0.3 is 0 Å². The number of hydrogen-bond donors (Lipinski definition) is 1. The van der Waals surface area contributed by atoms with E-state index in [9.17, 15) is 4.79 Å². The largest absolute Gasteiger partial charge is 0.352 e. The van der Waals surface area contributed by atoms with Crippen molar-refractivity contribution in [3.63, 3.8) is 0 Å². The fraction of sp³-hybridized carbons (Fsp3) is 0.462. The number of likely N-dealkylation sites (tertiary alicyclic amines) is 1. The van der Waals surface area contributed by atoms with Gasteiger partial charge in [0, 0.05) is 46.3 Å². The quantitative estimate of drug-likeness (QED) is 0.585. The number of carbonyl (C=O) groups is 1. The topological polar surface area (TPSA) is 44.7 Å². The molecule has 31 heavy (non-hydrogen) atoms. The first kappa shape index (κ1) is 22.1. The predicted octanol–water partition coefficient (Wildman–Crippen LogP) is 5.78. The summed E-state index contributed by atoms with van der Waals surface area (Å²) >= 11 is 1.73. The van der Waals surface area contributed by atoms with Crippen molar-refractivity contribution in [3.8, 4) is 0 Å². The third-order valence-electron chi connectivity index (χ3n) is 6.11. The molecule has 2 heterocycles. The van der Waals surface area contributed by atoms with E-state index in [1.165, 1.54) is 30.0 Å². The van der Waals surface area contributed by atoms with Crippen LogP contribution in [0.2, 0.25) is 0 Å². The maximum atomic E-state index is 12.8. The molecule has 0 spiro atoms. The number of aliphatic imine (C=N–C) groups is 1. The van der Waals surface area contributed by atoms with Gasteiger partial charge in [0.25, 0.3) is 5.91 Å². The highest BCUT2D eigenvalue weighted by Gasteiger charge is 2.21. The highest BCUT2D eigenvalue weighted by atomic mass is 32.2. The zero-order valence-corrected chi connectivity index (χ0v) is 19.7. The lowest BCUT2D eigenvalue weighted by atomic mass is 9.92. The Labute approximate surface area is 190 Å². The summed E-state index contributed by atoms with van der Waals surface area (Å²) in [5.41, 5.74) is 3.84. The average Bonchev–Trinajstić information content (AvgIpc) is 2.91. The molecule has 0 unspecified atom stereocenters. The van der Waals surface area contributed by atoms with Crippen molar-refractivity contribution in [2.75, 3.05) is 26.2 Å². The summed E-state index contributed by atoms with van der Waals surface area (Å²) in [6.45, 7) is 10.9. The first-order chi connectivity index (χ1) is 15.0. The number of fused-ring (bicyclic) bond motifs is 2. The molecule has 1 saturated heterocycles. The number of hydrogen-bond acceptors (Lipinski definition) is 4. The third-order valence-corrected chi connectivity index (χ3v) is 7.25. The van der Waals surface area contributed by atoms with Crippen LogP contribution in [0.3, 0.4) is 0 Å². The molecule has 1 fully saturated rings. The number of piperidine rings is 1. The van der Waals surface area contributed by atoms with E-state index in [2.05, 4.69) is 55.3 Å². The van der Waals surface area contributed by atoms with Crippen molar-refractivity contribution in [1.29, 1.82) is 0 Å². The lowest BCUT2D eigenvalue weighted by molar-refractivity contribution is 0.0947. The summed E-state index contributed by atoms with van der Waals surface area (Å²) < 4.78 is 0. The molecule has 4 nitrogen and oxygen atoms in total. The van der Waals surface area contributed by atoms with Gasteiger partial charge in [0.1, 0.15) is 0 Å². The second-order valence-electron chi connectivity index (χ2n) is 9.01. The number of carbonyl (C=O) groups excluding carboxylic acids is 1. The Bertz CT molecular complexity index is 961. The van der Waals surface area contributed by atoms with E-state index in [1.54, 1.807) is 11.8 Å². The van der Waals surface area contributed by atoms with Crippen LogP contribution in [0, 0.1) is 11.8 Å². The Morgan fingerprint density at radius 1 is 1.13 bits per heavy atom. The highest BCUT2D eigenvalue weighted by molar-refractivity contribution is 7.99. The van der Waals surface area contributed by atoms with Gasteiger partial charge in [-0.15, -0.1) is 0 Å². The predicted molar refractivity (Wildman–Crippen MR) is 130 cm³/mol. The van der Waals surface area contributed by atoms with Crippen molar-refractivity contribution in [1.82, 2.24) is 10.2 Å². The Morgan fingerprint density at radius 3 is 2.68 bits per heavy atom. The smallest absolute Gasteiger partial charge is 0.251 e. The van der Waals surface area contributed by atoms with Gasteiger partial charge in [-0.3, -0.25) is 9.79 Å². The van der Waals surface area contributed by atoms with Gasteiger partial charge in [0.05, 0.1) is 5.69 Å². The number of nitrogens with one attached hydrogen (secondary N) is 1. The van der Waals surface area contributed by atoms with Crippen LogP contribution >= 0.6 is 11.8 Å². The molecular formula is C26H33N3OS. The molecule has 4 rings (SSSR count). The summed E-state index contributed by atoms with van der Waals surface area (Å²) in [4.78, 5) is 22.5. The Morgan fingerprint density at radius 2 is 1.90 bits per heavy atom.